The van der Waals surface area contributed by atoms with E-state index >= 15 is 0 Å². The molecule has 44 heavy (non-hydrogen) atoms. The van der Waals surface area contributed by atoms with Crippen molar-refractivity contribution >= 4 is 17.7 Å². The van der Waals surface area contributed by atoms with E-state index in [1.165, 1.54) is 6.08 Å². The van der Waals surface area contributed by atoms with Crippen LogP contribution in [0.25, 0.3) is 0 Å². The highest BCUT2D eigenvalue weighted by Gasteiger charge is 2.76. The lowest BCUT2D eigenvalue weighted by molar-refractivity contribution is -0.201. The van der Waals surface area contributed by atoms with Gasteiger partial charge in [-0.05, 0) is 72.6 Å². The van der Waals surface area contributed by atoms with Gasteiger partial charge < -0.3 is 19.7 Å². The maximum atomic E-state index is 14.7. The fourth-order valence-corrected chi connectivity index (χ4v) is 8.36. The number of aliphatic hydroxyl groups is 2. The number of esters is 2. The van der Waals surface area contributed by atoms with E-state index in [2.05, 4.69) is 20.8 Å². The van der Waals surface area contributed by atoms with Crippen LogP contribution in [-0.4, -0.2) is 52.4 Å². The summed E-state index contributed by atoms with van der Waals surface area (Å²) in [6.45, 7) is 9.81. The quantitative estimate of drug-likeness (QED) is 0.112. The summed E-state index contributed by atoms with van der Waals surface area (Å²) in [6, 6.07) is 8.52. The second-order valence-corrected chi connectivity index (χ2v) is 13.7. The normalized spacial score (nSPS) is 35.3. The molecule has 0 heterocycles. The Balaban J connectivity index is 1.48. The zero-order chi connectivity index (χ0) is 31.9. The third kappa shape index (κ3) is 5.22. The number of ether oxygens (including phenoxy) is 2. The van der Waals surface area contributed by atoms with Gasteiger partial charge in [0.2, 0.25) is 0 Å². The van der Waals surface area contributed by atoms with Crippen molar-refractivity contribution in [1.29, 1.82) is 0 Å². The Bertz CT molecular complexity index is 1400. The van der Waals surface area contributed by atoms with Crippen molar-refractivity contribution < 1.29 is 34.1 Å². The topological polar surface area (TPSA) is 110 Å². The largest absolute Gasteiger partial charge is 0.457 e. The van der Waals surface area contributed by atoms with E-state index < -0.39 is 41.1 Å². The molecule has 1 spiro atoms. The molecule has 4 aliphatic rings. The van der Waals surface area contributed by atoms with E-state index in [-0.39, 0.29) is 41.1 Å². The number of fused-ring (bicyclic) bond motifs is 3. The number of carbonyl (C=O) groups is 3. The van der Waals surface area contributed by atoms with Gasteiger partial charge in [-0.1, -0.05) is 89.1 Å². The molecule has 5 rings (SSSR count). The summed E-state index contributed by atoms with van der Waals surface area (Å²) < 4.78 is 11.5. The first kappa shape index (κ1) is 32.1. The summed E-state index contributed by atoms with van der Waals surface area (Å²) in [5.74, 6) is -2.11. The molecule has 8 atom stereocenters. The van der Waals surface area contributed by atoms with Crippen LogP contribution in [0.5, 0.6) is 0 Å². The average Bonchev–Trinajstić information content (AvgIpc) is 3.49. The Kier molecular flexibility index (Phi) is 8.94. The molecule has 0 saturated heterocycles. The Morgan fingerprint density at radius 3 is 2.55 bits per heavy atom. The van der Waals surface area contributed by atoms with E-state index in [4.69, 9.17) is 9.47 Å². The number of benzene rings is 1. The maximum absolute atomic E-state index is 14.7. The minimum atomic E-state index is -2.19. The zero-order valence-electron chi connectivity index (χ0n) is 26.5. The van der Waals surface area contributed by atoms with Crippen LogP contribution in [0.2, 0.25) is 0 Å². The third-order valence-corrected chi connectivity index (χ3v) is 10.8. The number of carbonyl (C=O) groups excluding carboxylic acids is 3. The van der Waals surface area contributed by atoms with Gasteiger partial charge in [-0.3, -0.25) is 4.79 Å². The van der Waals surface area contributed by atoms with Gasteiger partial charge in [-0.15, -0.1) is 0 Å². The molecule has 7 heteroatoms. The molecule has 2 unspecified atom stereocenters. The molecular formula is C37H46O7. The Morgan fingerprint density at radius 1 is 1.11 bits per heavy atom. The number of unbranched alkanes of at least 4 members (excludes halogenated alkanes) is 3. The summed E-state index contributed by atoms with van der Waals surface area (Å²) in [5.41, 5.74) is -2.66. The van der Waals surface area contributed by atoms with E-state index in [0.717, 1.165) is 25.7 Å². The fraction of sp³-hybridized carbons (Fsp3) is 0.541. The van der Waals surface area contributed by atoms with Gasteiger partial charge in [0, 0.05) is 12.0 Å². The number of aliphatic hydroxyl groups excluding tert-OH is 1. The first-order valence-electron chi connectivity index (χ1n) is 16.0. The van der Waals surface area contributed by atoms with Crippen molar-refractivity contribution in [3.8, 4) is 0 Å². The molecule has 1 aromatic carbocycles. The van der Waals surface area contributed by atoms with E-state index in [0.29, 0.717) is 17.6 Å². The summed E-state index contributed by atoms with van der Waals surface area (Å²) >= 11 is 0. The number of rotatable bonds is 10. The number of hydrogen-bond acceptors (Lipinski definition) is 7. The molecule has 0 aliphatic heterocycles. The molecular weight excluding hydrogens is 556 g/mol. The van der Waals surface area contributed by atoms with Gasteiger partial charge in [0.1, 0.15) is 12.7 Å². The number of ketones is 1. The zero-order valence-corrected chi connectivity index (χ0v) is 26.5. The van der Waals surface area contributed by atoms with Crippen LogP contribution in [0, 0.1) is 34.5 Å². The lowest BCUT2D eigenvalue weighted by atomic mass is 9.59. The van der Waals surface area contributed by atoms with Gasteiger partial charge >= 0.3 is 11.9 Å². The Hall–Kier alpha value is -3.29. The standard InChI is InChI=1S/C37H46O7/c1-6-7-8-9-10-11-15-18-29(38)44-33-23(2)21-36-24(3)19-28-30(35(28,4)5)27(32(36)40)20-26(31(39)37(33,36)42)22-43-34(41)25-16-13-12-14-17-25/h10-18,20-21,24,27-28,30-31,33,39,42H,6-9,19,22H2,1-5H3/b11-10-,18-15+/t24-,27-,28?,30+,31-,33+,36?,37+/m1/s1. The van der Waals surface area contributed by atoms with Crippen molar-refractivity contribution in [2.45, 2.75) is 84.5 Å². The molecule has 2 saturated carbocycles. The molecule has 2 bridgehead atoms. The van der Waals surface area contributed by atoms with E-state index in [1.54, 1.807) is 61.6 Å². The molecule has 0 amide bonds. The second kappa shape index (κ2) is 12.2. The lowest BCUT2D eigenvalue weighted by Gasteiger charge is -2.48. The SMILES string of the molecule is CCCCC/C=C\C=C\C(=O)O[C@H]1C(C)=CC23C(=O)[C@H](C=C(COC(=O)c4ccccc4)[C@@H](O)[C@]12O)[C@H]1C(C[C@H]3C)C1(C)C. The molecule has 236 valence electrons. The maximum Gasteiger partial charge on any atom is 0.338 e. The summed E-state index contributed by atoms with van der Waals surface area (Å²) in [4.78, 5) is 40.6. The minimum Gasteiger partial charge on any atom is -0.457 e. The van der Waals surface area contributed by atoms with Gasteiger partial charge in [0.15, 0.2) is 17.5 Å². The van der Waals surface area contributed by atoms with Crippen LogP contribution in [0.15, 0.2) is 77.9 Å². The highest BCUT2D eigenvalue weighted by atomic mass is 16.6. The lowest BCUT2D eigenvalue weighted by Crippen LogP contribution is -2.65. The average molecular weight is 603 g/mol. The highest BCUT2D eigenvalue weighted by molar-refractivity contribution is 5.96. The molecule has 2 fully saturated rings. The summed E-state index contributed by atoms with van der Waals surface area (Å²) in [6.07, 6.45) is 12.2. The molecule has 2 N–H and O–H groups in total. The van der Waals surface area contributed by atoms with E-state index in [9.17, 15) is 24.6 Å². The smallest absolute Gasteiger partial charge is 0.338 e. The summed E-state index contributed by atoms with van der Waals surface area (Å²) in [7, 11) is 0. The van der Waals surface area contributed by atoms with Crippen molar-refractivity contribution in [1.82, 2.24) is 0 Å². The van der Waals surface area contributed by atoms with Crippen molar-refractivity contribution in [3.05, 3.63) is 83.5 Å². The summed E-state index contributed by atoms with van der Waals surface area (Å²) in [5, 5.41) is 24.8. The monoisotopic (exact) mass is 602 g/mol. The molecule has 4 aliphatic carbocycles. The fourth-order valence-electron chi connectivity index (χ4n) is 8.36. The predicted octanol–water partition coefficient (Wildman–Crippen LogP) is 5.92. The first-order valence-corrected chi connectivity index (χ1v) is 16.0. The van der Waals surface area contributed by atoms with Gasteiger partial charge in [0.05, 0.1) is 11.0 Å². The third-order valence-electron chi connectivity index (χ3n) is 10.8. The number of Topliss-reactive ketones (excluding diaryl/α,β-unsaturated/α-hetero) is 1. The van der Waals surface area contributed by atoms with Crippen molar-refractivity contribution in [2.75, 3.05) is 6.61 Å². The van der Waals surface area contributed by atoms with Gasteiger partial charge in [0.25, 0.3) is 0 Å². The van der Waals surface area contributed by atoms with Gasteiger partial charge in [-0.2, -0.15) is 0 Å². The molecule has 0 radical (unpaired) electrons. The van der Waals surface area contributed by atoms with Crippen LogP contribution in [0.1, 0.15) is 77.1 Å². The predicted molar refractivity (Wildman–Crippen MR) is 167 cm³/mol. The first-order chi connectivity index (χ1) is 20.9. The minimum absolute atomic E-state index is 0.0218. The molecule has 1 aromatic rings. The van der Waals surface area contributed by atoms with Crippen molar-refractivity contribution in [2.24, 2.45) is 34.5 Å². The van der Waals surface area contributed by atoms with Gasteiger partial charge in [-0.25, -0.2) is 9.59 Å². The van der Waals surface area contributed by atoms with Crippen LogP contribution in [0.4, 0.5) is 0 Å². The van der Waals surface area contributed by atoms with Crippen molar-refractivity contribution in [3.63, 3.8) is 0 Å². The highest BCUT2D eigenvalue weighted by Crippen LogP contribution is 2.71. The number of allylic oxidation sites excluding steroid dienone is 4. The van der Waals surface area contributed by atoms with Crippen LogP contribution in [-0.2, 0) is 19.1 Å². The molecule has 7 nitrogen and oxygen atoms in total. The van der Waals surface area contributed by atoms with E-state index in [1.807, 2.05) is 13.0 Å². The number of hydrogen-bond donors (Lipinski definition) is 2. The second-order valence-electron chi connectivity index (χ2n) is 13.7. The Labute approximate surface area is 260 Å². The van der Waals surface area contributed by atoms with Crippen LogP contribution < -0.4 is 0 Å². The van der Waals surface area contributed by atoms with Crippen LogP contribution >= 0.6 is 0 Å². The molecule has 0 aromatic heterocycles. The van der Waals surface area contributed by atoms with Crippen LogP contribution in [0.3, 0.4) is 0 Å². The Morgan fingerprint density at radius 2 is 1.84 bits per heavy atom.